The summed E-state index contributed by atoms with van der Waals surface area (Å²) in [6.07, 6.45) is 6.12. The van der Waals surface area contributed by atoms with Crippen LogP contribution in [0.15, 0.2) is 29.4 Å². The summed E-state index contributed by atoms with van der Waals surface area (Å²) in [5.74, 6) is -0.143. The summed E-state index contributed by atoms with van der Waals surface area (Å²) < 4.78 is 0. The van der Waals surface area contributed by atoms with Crippen LogP contribution in [0.25, 0.3) is 0 Å². The highest BCUT2D eigenvalue weighted by molar-refractivity contribution is 7.17. The molecule has 198 valence electrons. The van der Waals surface area contributed by atoms with Crippen LogP contribution in [0.5, 0.6) is 0 Å². The van der Waals surface area contributed by atoms with Gasteiger partial charge in [-0.05, 0) is 81.5 Å². The van der Waals surface area contributed by atoms with Crippen LogP contribution in [0.1, 0.15) is 66.2 Å². The van der Waals surface area contributed by atoms with E-state index >= 15 is 0 Å². The Labute approximate surface area is 225 Å². The van der Waals surface area contributed by atoms with Crippen LogP contribution in [-0.4, -0.2) is 35.9 Å². The van der Waals surface area contributed by atoms with Crippen LogP contribution in [0, 0.1) is 17.8 Å². The third kappa shape index (κ3) is 5.22. The molecule has 1 aromatic heterocycles. The zero-order valence-corrected chi connectivity index (χ0v) is 22.2. The van der Waals surface area contributed by atoms with Crippen LogP contribution in [0.4, 0.5) is 16.4 Å². The van der Waals surface area contributed by atoms with Gasteiger partial charge in [-0.25, -0.2) is 5.01 Å². The molecular weight excluding hydrogens is 502 g/mol. The number of carbonyl (C=O) groups is 4. The van der Waals surface area contributed by atoms with Crippen molar-refractivity contribution in [3.63, 3.8) is 0 Å². The molecular formula is C28H31N5O4S. The lowest BCUT2D eigenvalue weighted by atomic mass is 9.85. The maximum absolute atomic E-state index is 13.3. The second-order valence-electron chi connectivity index (χ2n) is 10.8. The quantitative estimate of drug-likeness (QED) is 0.473. The molecule has 0 radical (unpaired) electrons. The Hall–Kier alpha value is -3.53. The molecule has 10 heteroatoms. The summed E-state index contributed by atoms with van der Waals surface area (Å²) >= 11 is 1.47. The first kappa shape index (κ1) is 24.8. The highest BCUT2D eigenvalue weighted by atomic mass is 32.1. The standard InChI is InChI=1S/C28H31N5O4S/c1-15-11-23(34)33(32-15)20-4-2-3-19(13-20)30-26(36)18-9-10-22-21(12-18)24(27(37)29-14-16-5-6-16)28(38-22)31-25(35)17-7-8-17/h2-4,13,16-18H,5-12,14H2,1H3,(H,29,37)(H,30,36)(H,31,35). The Balaban J connectivity index is 1.19. The van der Waals surface area contributed by atoms with Crippen molar-refractivity contribution >= 4 is 57.1 Å². The van der Waals surface area contributed by atoms with E-state index in [4.69, 9.17) is 0 Å². The monoisotopic (exact) mass is 533 g/mol. The summed E-state index contributed by atoms with van der Waals surface area (Å²) in [5, 5.41) is 15.3. The second-order valence-corrected chi connectivity index (χ2v) is 11.9. The number of hydrogen-bond donors (Lipinski definition) is 3. The number of carbonyl (C=O) groups excluding carboxylic acids is 4. The zero-order chi connectivity index (χ0) is 26.4. The largest absolute Gasteiger partial charge is 0.352 e. The minimum atomic E-state index is -0.309. The Morgan fingerprint density at radius 3 is 2.55 bits per heavy atom. The molecule has 38 heavy (non-hydrogen) atoms. The summed E-state index contributed by atoms with van der Waals surface area (Å²) in [6.45, 7) is 2.46. The van der Waals surface area contributed by atoms with E-state index in [-0.39, 0.29) is 35.5 Å². The number of thiophene rings is 1. The molecule has 2 saturated carbocycles. The normalized spacial score (nSPS) is 20.6. The molecule has 9 nitrogen and oxygen atoms in total. The van der Waals surface area contributed by atoms with Gasteiger partial charge in [0.1, 0.15) is 5.00 Å². The van der Waals surface area contributed by atoms with Crippen molar-refractivity contribution in [2.45, 2.75) is 58.3 Å². The Kier molecular flexibility index (Phi) is 6.51. The van der Waals surface area contributed by atoms with Gasteiger partial charge in [-0.2, -0.15) is 5.10 Å². The molecule has 3 aliphatic carbocycles. The molecule has 1 aromatic carbocycles. The number of fused-ring (bicyclic) bond motifs is 1. The van der Waals surface area contributed by atoms with E-state index in [1.807, 2.05) is 6.92 Å². The van der Waals surface area contributed by atoms with E-state index in [1.165, 1.54) is 16.3 Å². The summed E-state index contributed by atoms with van der Waals surface area (Å²) in [4.78, 5) is 52.5. The molecule has 0 spiro atoms. The average molecular weight is 534 g/mol. The van der Waals surface area contributed by atoms with Crippen molar-refractivity contribution in [3.05, 3.63) is 40.3 Å². The van der Waals surface area contributed by atoms with Gasteiger partial charge in [-0.15, -0.1) is 11.3 Å². The first-order valence-corrected chi connectivity index (χ1v) is 14.2. The molecule has 1 unspecified atom stereocenters. The highest BCUT2D eigenvalue weighted by Crippen LogP contribution is 2.41. The number of anilines is 3. The van der Waals surface area contributed by atoms with Crippen LogP contribution < -0.4 is 21.0 Å². The molecule has 2 heterocycles. The van der Waals surface area contributed by atoms with E-state index in [9.17, 15) is 19.2 Å². The minimum Gasteiger partial charge on any atom is -0.352 e. The molecule has 3 N–H and O–H groups in total. The van der Waals surface area contributed by atoms with Gasteiger partial charge >= 0.3 is 0 Å². The van der Waals surface area contributed by atoms with Gasteiger partial charge in [0.25, 0.3) is 11.8 Å². The van der Waals surface area contributed by atoms with Gasteiger partial charge in [-0.1, -0.05) is 6.07 Å². The lowest BCUT2D eigenvalue weighted by Crippen LogP contribution is -2.31. The van der Waals surface area contributed by atoms with Gasteiger partial charge in [0.2, 0.25) is 11.8 Å². The average Bonchev–Trinajstić information content (AvgIpc) is 3.82. The van der Waals surface area contributed by atoms with Crippen molar-refractivity contribution in [1.29, 1.82) is 0 Å². The van der Waals surface area contributed by atoms with Crippen molar-refractivity contribution in [3.8, 4) is 0 Å². The summed E-state index contributed by atoms with van der Waals surface area (Å²) in [6, 6.07) is 7.12. The first-order chi connectivity index (χ1) is 18.4. The molecule has 2 aromatic rings. The van der Waals surface area contributed by atoms with Crippen molar-refractivity contribution in [2.24, 2.45) is 22.9 Å². The first-order valence-electron chi connectivity index (χ1n) is 13.4. The van der Waals surface area contributed by atoms with Crippen LogP contribution in [-0.2, 0) is 27.2 Å². The molecule has 6 rings (SSSR count). The Bertz CT molecular complexity index is 1360. The predicted octanol–water partition coefficient (Wildman–Crippen LogP) is 4.09. The number of rotatable bonds is 8. The molecule has 1 aliphatic heterocycles. The maximum Gasteiger partial charge on any atom is 0.254 e. The van der Waals surface area contributed by atoms with E-state index in [1.54, 1.807) is 24.3 Å². The number of amides is 4. The topological polar surface area (TPSA) is 120 Å². The second kappa shape index (κ2) is 9.98. The predicted molar refractivity (Wildman–Crippen MR) is 147 cm³/mol. The number of aryl methyl sites for hydroxylation is 1. The van der Waals surface area contributed by atoms with Gasteiger partial charge in [0, 0.05) is 34.7 Å². The van der Waals surface area contributed by atoms with Crippen LogP contribution in [0.2, 0.25) is 0 Å². The maximum atomic E-state index is 13.3. The van der Waals surface area contributed by atoms with Crippen molar-refractivity contribution in [2.75, 3.05) is 22.2 Å². The Morgan fingerprint density at radius 2 is 1.84 bits per heavy atom. The van der Waals surface area contributed by atoms with Crippen LogP contribution >= 0.6 is 11.3 Å². The van der Waals surface area contributed by atoms with E-state index in [0.29, 0.717) is 60.1 Å². The fourth-order valence-corrected chi connectivity index (χ4v) is 6.30. The van der Waals surface area contributed by atoms with Crippen molar-refractivity contribution in [1.82, 2.24) is 5.32 Å². The fourth-order valence-electron chi connectivity index (χ4n) is 5.06. The van der Waals surface area contributed by atoms with Gasteiger partial charge in [0.15, 0.2) is 0 Å². The number of benzene rings is 1. The van der Waals surface area contributed by atoms with E-state index in [2.05, 4.69) is 21.1 Å². The van der Waals surface area contributed by atoms with Crippen LogP contribution in [0.3, 0.4) is 0 Å². The Morgan fingerprint density at radius 1 is 1.05 bits per heavy atom. The number of hydrogen-bond acceptors (Lipinski definition) is 6. The number of nitrogens with zero attached hydrogens (tertiary/aromatic N) is 2. The highest BCUT2D eigenvalue weighted by Gasteiger charge is 2.35. The van der Waals surface area contributed by atoms with Gasteiger partial charge in [-0.3, -0.25) is 19.2 Å². The lowest BCUT2D eigenvalue weighted by Gasteiger charge is -2.23. The summed E-state index contributed by atoms with van der Waals surface area (Å²) in [5.41, 5.74) is 3.36. The molecule has 0 saturated heterocycles. The molecule has 0 bridgehead atoms. The minimum absolute atomic E-state index is 0.0231. The smallest absolute Gasteiger partial charge is 0.254 e. The van der Waals surface area contributed by atoms with E-state index < -0.39 is 0 Å². The molecule has 4 aliphatic rings. The zero-order valence-electron chi connectivity index (χ0n) is 21.3. The van der Waals surface area contributed by atoms with Crippen molar-refractivity contribution < 1.29 is 19.2 Å². The fraction of sp³-hybridized carbons (Fsp3) is 0.464. The third-order valence-corrected chi connectivity index (χ3v) is 8.77. The molecule has 2 fully saturated rings. The van der Waals surface area contributed by atoms with Gasteiger partial charge < -0.3 is 16.0 Å². The van der Waals surface area contributed by atoms with Gasteiger partial charge in [0.05, 0.1) is 17.7 Å². The summed E-state index contributed by atoms with van der Waals surface area (Å²) in [7, 11) is 0. The third-order valence-electron chi connectivity index (χ3n) is 7.56. The number of nitrogens with one attached hydrogen (secondary N) is 3. The van der Waals surface area contributed by atoms with E-state index in [0.717, 1.165) is 41.8 Å². The molecule has 1 atom stereocenters. The number of hydrazone groups is 1. The SMILES string of the molecule is CC1=NN(c2cccc(NC(=O)C3CCc4sc(NC(=O)C5CC5)c(C(=O)NCC5CC5)c4C3)c2)C(=O)C1. The lowest BCUT2D eigenvalue weighted by molar-refractivity contribution is -0.120. The molecule has 4 amide bonds.